The number of aryl methyl sites for hydroxylation is 1. The maximum Gasteiger partial charge on any atom is 0.328 e. The van der Waals surface area contributed by atoms with Crippen molar-refractivity contribution in [2.24, 2.45) is 0 Å². The largest absolute Gasteiger partial charge is 0.478 e. The Hall–Kier alpha value is -1.81. The number of carboxylic acids is 1. The minimum absolute atomic E-state index is 0.576. The summed E-state index contributed by atoms with van der Waals surface area (Å²) in [5.41, 5.74) is 3.18. The maximum atomic E-state index is 10.8. The Kier molecular flexibility index (Phi) is 5.02. The van der Waals surface area contributed by atoms with E-state index in [0.717, 1.165) is 29.9 Å². The summed E-state index contributed by atoms with van der Waals surface area (Å²) in [4.78, 5) is 15.4. The highest BCUT2D eigenvalue weighted by Crippen LogP contribution is 2.25. The van der Waals surface area contributed by atoms with Gasteiger partial charge in [-0.2, -0.15) is 0 Å². The third-order valence-electron chi connectivity index (χ3n) is 4.16. The van der Waals surface area contributed by atoms with Gasteiger partial charge in [0.1, 0.15) is 0 Å². The highest BCUT2D eigenvalue weighted by Gasteiger charge is 2.22. The van der Waals surface area contributed by atoms with Crippen LogP contribution < -0.4 is 4.90 Å². The van der Waals surface area contributed by atoms with Crippen molar-refractivity contribution >= 4 is 17.7 Å². The number of benzene rings is 1. The van der Waals surface area contributed by atoms with E-state index in [2.05, 4.69) is 36.0 Å². The van der Waals surface area contributed by atoms with Gasteiger partial charge < -0.3 is 14.9 Å². The molecule has 1 heterocycles. The first-order valence-electron chi connectivity index (χ1n) is 7.40. The molecule has 1 aromatic rings. The van der Waals surface area contributed by atoms with Gasteiger partial charge in [-0.1, -0.05) is 11.6 Å². The Labute approximate surface area is 126 Å². The van der Waals surface area contributed by atoms with Crippen molar-refractivity contribution in [3.63, 3.8) is 0 Å². The summed E-state index contributed by atoms with van der Waals surface area (Å²) in [7, 11) is 4.25. The number of carboxylic acid groups (broad SMARTS) is 1. The number of likely N-dealkylation sites (N-methyl/N-ethyl adjacent to an activating group) is 2. The van der Waals surface area contributed by atoms with E-state index in [1.54, 1.807) is 6.08 Å². The minimum Gasteiger partial charge on any atom is -0.478 e. The van der Waals surface area contributed by atoms with E-state index in [0.29, 0.717) is 6.04 Å². The standard InChI is InChI=1S/C17H24N2O2/c1-13-6-8-16(14(11-13)7-9-17(20)21)19(3)12-15-5-4-10-18(15)2/h6-9,11,15H,4-5,10,12H2,1-3H3,(H,20,21)/b9-7+. The monoisotopic (exact) mass is 288 g/mol. The van der Waals surface area contributed by atoms with Crippen LogP contribution >= 0.6 is 0 Å². The molecular formula is C17H24N2O2. The van der Waals surface area contributed by atoms with Gasteiger partial charge in [0.25, 0.3) is 0 Å². The molecule has 1 aliphatic heterocycles. The predicted molar refractivity (Wildman–Crippen MR) is 86.8 cm³/mol. The molecule has 1 fully saturated rings. The second-order valence-corrected chi connectivity index (χ2v) is 5.89. The van der Waals surface area contributed by atoms with Gasteiger partial charge in [0.15, 0.2) is 0 Å². The molecule has 4 nitrogen and oxygen atoms in total. The van der Waals surface area contributed by atoms with Crippen LogP contribution in [0.15, 0.2) is 24.3 Å². The average molecular weight is 288 g/mol. The Morgan fingerprint density at radius 2 is 2.29 bits per heavy atom. The lowest BCUT2D eigenvalue weighted by Crippen LogP contribution is -2.36. The van der Waals surface area contributed by atoms with Crippen LogP contribution in [-0.4, -0.2) is 49.2 Å². The normalized spacial score (nSPS) is 19.3. The van der Waals surface area contributed by atoms with Gasteiger partial charge in [-0.05, 0) is 57.1 Å². The van der Waals surface area contributed by atoms with Crippen molar-refractivity contribution in [1.29, 1.82) is 0 Å². The van der Waals surface area contributed by atoms with E-state index < -0.39 is 5.97 Å². The van der Waals surface area contributed by atoms with E-state index in [-0.39, 0.29) is 0 Å². The first kappa shape index (κ1) is 15.6. The Bertz CT molecular complexity index is 540. The molecule has 1 saturated heterocycles. The van der Waals surface area contributed by atoms with E-state index in [9.17, 15) is 4.79 Å². The van der Waals surface area contributed by atoms with Crippen molar-refractivity contribution < 1.29 is 9.90 Å². The average Bonchev–Trinajstić information content (AvgIpc) is 2.82. The lowest BCUT2D eigenvalue weighted by atomic mass is 10.1. The molecular weight excluding hydrogens is 264 g/mol. The number of hydrogen-bond donors (Lipinski definition) is 1. The molecule has 1 atom stereocenters. The fraction of sp³-hybridized carbons (Fsp3) is 0.471. The predicted octanol–water partition coefficient (Wildman–Crippen LogP) is 2.62. The number of likely N-dealkylation sites (tertiary alicyclic amines) is 1. The summed E-state index contributed by atoms with van der Waals surface area (Å²) in [5, 5.41) is 8.83. The molecule has 0 aromatic heterocycles. The van der Waals surface area contributed by atoms with Gasteiger partial charge in [-0.25, -0.2) is 4.79 Å². The Morgan fingerprint density at radius 1 is 1.52 bits per heavy atom. The van der Waals surface area contributed by atoms with Crippen LogP contribution in [0.1, 0.15) is 24.0 Å². The fourth-order valence-electron chi connectivity index (χ4n) is 2.94. The quantitative estimate of drug-likeness (QED) is 0.846. The van der Waals surface area contributed by atoms with Crippen molar-refractivity contribution in [2.45, 2.75) is 25.8 Å². The molecule has 1 aromatic carbocycles. The molecule has 114 valence electrons. The number of aliphatic carboxylic acids is 1. The smallest absolute Gasteiger partial charge is 0.328 e. The van der Waals surface area contributed by atoms with Gasteiger partial charge in [-0.3, -0.25) is 0 Å². The molecule has 2 rings (SSSR count). The van der Waals surface area contributed by atoms with Crippen molar-refractivity contribution in [3.8, 4) is 0 Å². The zero-order chi connectivity index (χ0) is 15.4. The highest BCUT2D eigenvalue weighted by molar-refractivity contribution is 5.87. The molecule has 21 heavy (non-hydrogen) atoms. The van der Waals surface area contributed by atoms with Gasteiger partial charge >= 0.3 is 5.97 Å². The number of hydrogen-bond acceptors (Lipinski definition) is 3. The Balaban J connectivity index is 2.19. The first-order chi connectivity index (χ1) is 9.97. The summed E-state index contributed by atoms with van der Waals surface area (Å²) in [6, 6.07) is 6.75. The molecule has 0 bridgehead atoms. The number of carbonyl (C=O) groups is 1. The lowest BCUT2D eigenvalue weighted by molar-refractivity contribution is -0.131. The maximum absolute atomic E-state index is 10.8. The summed E-state index contributed by atoms with van der Waals surface area (Å²) >= 11 is 0. The van der Waals surface area contributed by atoms with Crippen LogP contribution in [0.5, 0.6) is 0 Å². The zero-order valence-electron chi connectivity index (χ0n) is 13.0. The second-order valence-electron chi connectivity index (χ2n) is 5.89. The highest BCUT2D eigenvalue weighted by atomic mass is 16.4. The summed E-state index contributed by atoms with van der Waals surface area (Å²) in [5.74, 6) is -0.916. The molecule has 1 aliphatic rings. The summed E-state index contributed by atoms with van der Waals surface area (Å²) in [6.45, 7) is 4.15. The van der Waals surface area contributed by atoms with Crippen LogP contribution in [0, 0.1) is 6.92 Å². The second kappa shape index (κ2) is 6.76. The molecule has 0 amide bonds. The lowest BCUT2D eigenvalue weighted by Gasteiger charge is -2.28. The third kappa shape index (κ3) is 4.08. The van der Waals surface area contributed by atoms with Crippen LogP contribution in [-0.2, 0) is 4.79 Å². The zero-order valence-corrected chi connectivity index (χ0v) is 13.0. The molecule has 1 N–H and O–H groups in total. The molecule has 4 heteroatoms. The van der Waals surface area contributed by atoms with E-state index in [1.165, 1.54) is 18.9 Å². The molecule has 1 unspecified atom stereocenters. The fourth-order valence-corrected chi connectivity index (χ4v) is 2.94. The summed E-state index contributed by atoms with van der Waals surface area (Å²) < 4.78 is 0. The SMILES string of the molecule is Cc1ccc(N(C)CC2CCCN2C)c(/C=C/C(=O)O)c1. The third-order valence-corrected chi connectivity index (χ3v) is 4.16. The van der Waals surface area contributed by atoms with E-state index >= 15 is 0 Å². The minimum atomic E-state index is -0.916. The summed E-state index contributed by atoms with van der Waals surface area (Å²) in [6.07, 6.45) is 5.37. The molecule has 0 spiro atoms. The van der Waals surface area contributed by atoms with Crippen molar-refractivity contribution in [2.75, 3.05) is 32.1 Å². The first-order valence-corrected chi connectivity index (χ1v) is 7.40. The van der Waals surface area contributed by atoms with Crippen molar-refractivity contribution in [3.05, 3.63) is 35.4 Å². The van der Waals surface area contributed by atoms with Gasteiger partial charge in [0.2, 0.25) is 0 Å². The van der Waals surface area contributed by atoms with E-state index in [4.69, 9.17) is 5.11 Å². The van der Waals surface area contributed by atoms with Crippen LogP contribution in [0.2, 0.25) is 0 Å². The number of nitrogens with zero attached hydrogens (tertiary/aromatic N) is 2. The van der Waals surface area contributed by atoms with Crippen LogP contribution in [0.4, 0.5) is 5.69 Å². The molecule has 0 radical (unpaired) electrons. The molecule has 0 saturated carbocycles. The molecule has 0 aliphatic carbocycles. The van der Waals surface area contributed by atoms with E-state index in [1.807, 2.05) is 13.0 Å². The van der Waals surface area contributed by atoms with Gasteiger partial charge in [0, 0.05) is 31.4 Å². The van der Waals surface area contributed by atoms with Gasteiger partial charge in [-0.15, -0.1) is 0 Å². The van der Waals surface area contributed by atoms with Crippen molar-refractivity contribution in [1.82, 2.24) is 4.90 Å². The Morgan fingerprint density at radius 3 is 2.90 bits per heavy atom. The number of anilines is 1. The number of rotatable bonds is 5. The van der Waals surface area contributed by atoms with Crippen LogP contribution in [0.3, 0.4) is 0 Å². The van der Waals surface area contributed by atoms with Crippen LogP contribution in [0.25, 0.3) is 6.08 Å². The topological polar surface area (TPSA) is 43.8 Å². The van der Waals surface area contributed by atoms with Gasteiger partial charge in [0.05, 0.1) is 0 Å².